The Morgan fingerprint density at radius 3 is 1.75 bits per heavy atom. The monoisotopic (exact) mass is 1020 g/mol. The molecule has 4 aliphatic heterocycles. The molecule has 0 radical (unpaired) electrons. The fourth-order valence-corrected chi connectivity index (χ4v) is 10.8. The third kappa shape index (κ3) is 10.3. The number of amides is 2. The number of piperazine rings is 2. The molecule has 8 heterocycles. The summed E-state index contributed by atoms with van der Waals surface area (Å²) >= 11 is 14.5. The van der Waals surface area contributed by atoms with Gasteiger partial charge in [-0.15, -0.1) is 22.7 Å². The third-order valence-electron chi connectivity index (χ3n) is 12.4. The van der Waals surface area contributed by atoms with Crippen LogP contribution in [0.5, 0.6) is 0 Å². The average Bonchev–Trinajstić information content (AvgIpc) is 4.21. The van der Waals surface area contributed by atoms with Gasteiger partial charge in [-0.1, -0.05) is 35.3 Å². The van der Waals surface area contributed by atoms with Crippen LogP contribution in [0.25, 0.3) is 0 Å². The number of likely N-dealkylation sites (tertiary alicyclic amines) is 4. The van der Waals surface area contributed by atoms with E-state index in [4.69, 9.17) is 32.9 Å². The number of carboxylic acids is 2. The number of aromatic carboxylic acids is 2. The van der Waals surface area contributed by atoms with E-state index >= 15 is 0 Å². The molecule has 4 atom stereocenters. The van der Waals surface area contributed by atoms with E-state index < -0.39 is 23.6 Å². The van der Waals surface area contributed by atoms with Crippen LogP contribution in [0.3, 0.4) is 0 Å². The normalized spacial score (nSPS) is 19.4. The summed E-state index contributed by atoms with van der Waals surface area (Å²) in [5.41, 5.74) is 1.41. The van der Waals surface area contributed by atoms with Crippen LogP contribution in [0.4, 0.5) is 30.7 Å². The third-order valence-corrected chi connectivity index (χ3v) is 14.5. The number of thiazole rings is 2. The number of aromatic nitrogens is 4. The van der Waals surface area contributed by atoms with Gasteiger partial charge >= 0.3 is 11.9 Å². The highest BCUT2D eigenvalue weighted by Gasteiger charge is 2.47. The smallest absolute Gasteiger partial charge is 0.335 e. The Morgan fingerprint density at radius 2 is 1.28 bits per heavy atom. The first-order valence-electron chi connectivity index (χ1n) is 21.5. The number of anilines is 4. The number of hydrogen-bond acceptors (Lipinski definition) is 15. The zero-order valence-corrected chi connectivity index (χ0v) is 39.7. The van der Waals surface area contributed by atoms with E-state index in [9.17, 15) is 38.2 Å². The highest BCUT2D eigenvalue weighted by molar-refractivity contribution is 7.14. The van der Waals surface area contributed by atoms with Crippen molar-refractivity contribution in [3.8, 4) is 0 Å². The molecule has 3 N–H and O–H groups in total. The van der Waals surface area contributed by atoms with Crippen molar-refractivity contribution in [3.05, 3.63) is 139 Å². The van der Waals surface area contributed by atoms with E-state index in [0.717, 1.165) is 12.8 Å². The van der Waals surface area contributed by atoms with Crippen molar-refractivity contribution in [2.45, 2.75) is 50.1 Å². The molecule has 0 unspecified atom stereocenters. The number of carbonyl (C=O) groups is 4. The maximum Gasteiger partial charge on any atom is 0.335 e. The van der Waals surface area contributed by atoms with Gasteiger partial charge in [-0.05, 0) is 61.4 Å². The van der Waals surface area contributed by atoms with Crippen LogP contribution in [0.2, 0.25) is 10.0 Å². The van der Waals surface area contributed by atoms with Crippen LogP contribution in [0.1, 0.15) is 65.7 Å². The zero-order valence-electron chi connectivity index (χ0n) is 36.5. The van der Waals surface area contributed by atoms with Gasteiger partial charge in [0.15, 0.2) is 21.9 Å². The molecule has 4 fully saturated rings. The second-order valence-electron chi connectivity index (χ2n) is 16.7. The molecule has 4 bridgehead atoms. The van der Waals surface area contributed by atoms with Crippen molar-refractivity contribution in [2.75, 3.05) is 50.2 Å². The number of rotatable bonds is 14. The van der Waals surface area contributed by atoms with Gasteiger partial charge in [-0.2, -0.15) is 0 Å². The van der Waals surface area contributed by atoms with E-state index in [1.165, 1.54) is 59.1 Å². The number of ether oxygens (including phenoxy) is 1. The molecule has 4 aliphatic rings. The van der Waals surface area contributed by atoms with E-state index in [0.29, 0.717) is 72.6 Å². The topological polar surface area (TPSA) is 198 Å². The summed E-state index contributed by atoms with van der Waals surface area (Å²) in [6.07, 6.45) is 4.84. The number of benzene rings is 2. The number of pyridine rings is 2. The van der Waals surface area contributed by atoms with E-state index in [-0.39, 0.29) is 75.0 Å². The summed E-state index contributed by atoms with van der Waals surface area (Å²) in [5, 5.41) is 27.0. The van der Waals surface area contributed by atoms with Crippen LogP contribution < -0.4 is 10.2 Å². The number of hydrogen-bond donors (Lipinski definition) is 3. The van der Waals surface area contributed by atoms with Crippen LogP contribution in [-0.2, 0) is 17.8 Å². The number of halogens is 4. The Labute approximate surface area is 411 Å². The van der Waals surface area contributed by atoms with Crippen LogP contribution >= 0.6 is 45.9 Å². The summed E-state index contributed by atoms with van der Waals surface area (Å²) in [7, 11) is 1.55. The highest BCUT2D eigenvalue weighted by Crippen LogP contribution is 2.36. The lowest BCUT2D eigenvalue weighted by atomic mass is 10.1. The molecular weight excluding hydrogens is 978 g/mol. The van der Waals surface area contributed by atoms with Gasteiger partial charge in [0.25, 0.3) is 11.8 Å². The second kappa shape index (κ2) is 20.4. The van der Waals surface area contributed by atoms with Crippen LogP contribution in [0.15, 0.2) is 83.8 Å². The first-order chi connectivity index (χ1) is 33.2. The van der Waals surface area contributed by atoms with Crippen molar-refractivity contribution < 1.29 is 42.9 Å². The first kappa shape index (κ1) is 47.8. The van der Waals surface area contributed by atoms with Gasteiger partial charge in [0.05, 0.1) is 43.7 Å². The SMILES string of the molecule is COCN(c1cc(C(=O)O)cc(CN2C[C@H]3C[C@@H]2CN3C(=O)c2cccc(Cl)c2F)n1)c1nccs1.O=C(O)c1cc(CN2C[C@H]3C[C@@H]2CN3C(=O)c2cccc(Cl)c2F)nc(Nc2nccs2)c1. The lowest BCUT2D eigenvalue weighted by Gasteiger charge is -2.34. The molecule has 0 saturated carbocycles. The minimum atomic E-state index is -1.06. The standard InChI is InChI=1S/C24H23ClFN5O4S.C22H19ClFN5O3S/c1-35-13-31(24-27-5-6-36-24)20-8-14(23(33)34)7-15(28-20)10-29-11-17-9-16(29)12-30(17)22(32)18-3-2-4-19(25)21(18)26;23-17-3-1-2-16(19(17)24)20(30)29-11-14-8-15(29)10-28(14)9-13-6-12(21(31)32)7-18(26-13)27-22-25-4-5-33-22/h2-8,16-17H,9-13H2,1H3,(H,33,34);1-7,14-15H,8-11H2,(H,31,32)(H,25,26,27)/t16-,17-;14-,15-/m11/s1. The van der Waals surface area contributed by atoms with Gasteiger partial charge in [-0.3, -0.25) is 24.3 Å². The maximum atomic E-state index is 14.4. The molecule has 17 nitrogen and oxygen atoms in total. The number of nitrogens with one attached hydrogen (secondary N) is 1. The Balaban J connectivity index is 0.000000172. The van der Waals surface area contributed by atoms with Crippen molar-refractivity contribution in [2.24, 2.45) is 0 Å². The molecule has 23 heteroatoms. The summed E-state index contributed by atoms with van der Waals surface area (Å²) in [4.78, 5) is 76.6. The Kier molecular flexibility index (Phi) is 14.2. The van der Waals surface area contributed by atoms with Crippen LogP contribution in [0, 0.1) is 11.6 Å². The van der Waals surface area contributed by atoms with Crippen molar-refractivity contribution in [1.82, 2.24) is 39.5 Å². The fourth-order valence-electron chi connectivity index (χ4n) is 9.31. The molecule has 2 aromatic carbocycles. The first-order valence-corrected chi connectivity index (χ1v) is 24.0. The predicted molar refractivity (Wildman–Crippen MR) is 254 cm³/mol. The van der Waals surface area contributed by atoms with Crippen molar-refractivity contribution >= 4 is 91.5 Å². The van der Waals surface area contributed by atoms with E-state index in [1.54, 1.807) is 58.5 Å². The Hall–Kier alpha value is -6.20. The second-order valence-corrected chi connectivity index (χ2v) is 19.3. The fraction of sp³-hybridized carbons (Fsp3) is 0.304. The molecule has 4 aromatic heterocycles. The Morgan fingerprint density at radius 1 is 0.739 bits per heavy atom. The van der Waals surface area contributed by atoms with E-state index in [2.05, 4.69) is 30.1 Å². The quantitative estimate of drug-likeness (QED) is 0.0895. The molecule has 10 rings (SSSR count). The van der Waals surface area contributed by atoms with Crippen molar-refractivity contribution in [3.63, 3.8) is 0 Å². The van der Waals surface area contributed by atoms with Gasteiger partial charge in [0, 0.05) is 93.7 Å². The van der Waals surface area contributed by atoms with Gasteiger partial charge in [0.2, 0.25) is 0 Å². The van der Waals surface area contributed by atoms with Crippen LogP contribution in [-0.4, -0.2) is 138 Å². The molecule has 2 amide bonds. The summed E-state index contributed by atoms with van der Waals surface area (Å²) < 4.78 is 34.0. The molecule has 0 spiro atoms. The Bertz CT molecular complexity index is 2900. The maximum absolute atomic E-state index is 14.4. The minimum Gasteiger partial charge on any atom is -0.478 e. The van der Waals surface area contributed by atoms with E-state index in [1.807, 2.05) is 10.8 Å². The number of methoxy groups -OCH3 is 1. The summed E-state index contributed by atoms with van der Waals surface area (Å²) in [5.74, 6) is -3.37. The number of fused-ring (bicyclic) bond motifs is 4. The zero-order chi connectivity index (χ0) is 48.5. The highest BCUT2D eigenvalue weighted by atomic mass is 35.5. The molecule has 0 aliphatic carbocycles. The summed E-state index contributed by atoms with van der Waals surface area (Å²) in [6, 6.07) is 15.0. The molecule has 4 saturated heterocycles. The number of carboxylic acid groups (broad SMARTS) is 2. The number of carbonyl (C=O) groups excluding carboxylic acids is 2. The largest absolute Gasteiger partial charge is 0.478 e. The summed E-state index contributed by atoms with van der Waals surface area (Å²) in [6.45, 7) is 3.14. The number of nitrogens with zero attached hydrogens (tertiary/aromatic N) is 9. The van der Waals surface area contributed by atoms with Gasteiger partial charge in [0.1, 0.15) is 18.4 Å². The molecular formula is C46H42Cl2F2N10O7S2. The average molecular weight is 1020 g/mol. The minimum absolute atomic E-state index is 0.0182. The molecule has 69 heavy (non-hydrogen) atoms. The lowest BCUT2D eigenvalue weighted by molar-refractivity contribution is 0.0603. The predicted octanol–water partition coefficient (Wildman–Crippen LogP) is 7.74. The molecule has 6 aromatic rings. The molecule has 358 valence electrons. The van der Waals surface area contributed by atoms with Gasteiger partial charge < -0.3 is 30.1 Å². The lowest BCUT2D eigenvalue weighted by Crippen LogP contribution is -2.48. The van der Waals surface area contributed by atoms with Gasteiger partial charge in [-0.25, -0.2) is 38.3 Å². The van der Waals surface area contributed by atoms with Crippen molar-refractivity contribution in [1.29, 1.82) is 0 Å².